The second-order valence-corrected chi connectivity index (χ2v) is 7.31. The Morgan fingerprint density at radius 1 is 1.15 bits per heavy atom. The molecule has 140 valence electrons. The Morgan fingerprint density at radius 3 is 2.58 bits per heavy atom. The molecule has 0 unspecified atom stereocenters. The summed E-state index contributed by atoms with van der Waals surface area (Å²) in [6.07, 6.45) is 3.75. The molecule has 6 nitrogen and oxygen atoms in total. The zero-order chi connectivity index (χ0) is 18.8. The third kappa shape index (κ3) is 3.62. The van der Waals surface area contributed by atoms with Crippen LogP contribution in [0.25, 0.3) is 0 Å². The zero-order valence-electron chi connectivity index (χ0n) is 15.2. The molecule has 0 bridgehead atoms. The number of urea groups is 1. The van der Waals surface area contributed by atoms with Gasteiger partial charge >= 0.3 is 17.8 Å². The lowest BCUT2D eigenvalue weighted by Crippen LogP contribution is -2.46. The second kappa shape index (κ2) is 7.53. The van der Waals surface area contributed by atoms with Crippen molar-refractivity contribution in [1.82, 2.24) is 14.7 Å². The minimum absolute atomic E-state index is 0.00246. The van der Waals surface area contributed by atoms with Gasteiger partial charge in [-0.2, -0.15) is 0 Å². The third-order valence-corrected chi connectivity index (χ3v) is 5.21. The number of carbonyl (C=O) groups excluding carboxylic acids is 3. The topological polar surface area (TPSA) is 60.9 Å². The summed E-state index contributed by atoms with van der Waals surface area (Å²) in [5.41, 5.74) is 0.732. The average molecular weight is 361 g/mol. The summed E-state index contributed by atoms with van der Waals surface area (Å²) in [7, 11) is 1.72. The number of hydrogen-bond acceptors (Lipinski definition) is 4. The van der Waals surface area contributed by atoms with Gasteiger partial charge in [-0.25, -0.2) is 14.1 Å². The van der Waals surface area contributed by atoms with Gasteiger partial charge in [0.15, 0.2) is 0 Å². The van der Waals surface area contributed by atoms with Crippen molar-refractivity contribution in [2.75, 3.05) is 13.7 Å². The van der Waals surface area contributed by atoms with Crippen molar-refractivity contribution < 1.29 is 18.8 Å². The minimum atomic E-state index is -0.779. The molecule has 0 spiro atoms. The Kier molecular flexibility index (Phi) is 5.36. The predicted molar refractivity (Wildman–Crippen MR) is 93.2 cm³/mol. The first-order valence-corrected chi connectivity index (χ1v) is 9.00. The van der Waals surface area contributed by atoms with E-state index in [1.165, 1.54) is 12.1 Å². The fraction of sp³-hybridized carbons (Fsp3) is 0.526. The highest BCUT2D eigenvalue weighted by atomic mass is 19.1. The lowest BCUT2D eigenvalue weighted by Gasteiger charge is -2.34. The van der Waals surface area contributed by atoms with E-state index in [0.29, 0.717) is 6.54 Å². The predicted octanol–water partition coefficient (Wildman–Crippen LogP) is 2.58. The van der Waals surface area contributed by atoms with Gasteiger partial charge in [0.25, 0.3) is 0 Å². The molecule has 1 saturated carbocycles. The van der Waals surface area contributed by atoms with Crippen LogP contribution in [0.1, 0.15) is 38.2 Å². The first-order valence-electron chi connectivity index (χ1n) is 9.00. The second-order valence-electron chi connectivity index (χ2n) is 7.31. The fourth-order valence-corrected chi connectivity index (χ4v) is 3.86. The summed E-state index contributed by atoms with van der Waals surface area (Å²) >= 11 is 0. The highest BCUT2D eigenvalue weighted by Crippen LogP contribution is 2.31. The molecule has 26 heavy (non-hydrogen) atoms. The number of carbonyl (C=O) groups is 3. The molecule has 1 aromatic rings. The Morgan fingerprint density at radius 2 is 1.88 bits per heavy atom. The molecule has 2 aliphatic rings. The fourth-order valence-electron chi connectivity index (χ4n) is 3.86. The van der Waals surface area contributed by atoms with Gasteiger partial charge in [0.05, 0.1) is 6.67 Å². The van der Waals surface area contributed by atoms with Crippen molar-refractivity contribution in [3.05, 3.63) is 35.6 Å². The maximum Gasteiger partial charge on any atom is 0.335 e. The Balaban J connectivity index is 1.69. The Labute approximate surface area is 152 Å². The van der Waals surface area contributed by atoms with Gasteiger partial charge in [0.2, 0.25) is 0 Å². The van der Waals surface area contributed by atoms with Gasteiger partial charge in [-0.3, -0.25) is 19.4 Å². The van der Waals surface area contributed by atoms with Crippen LogP contribution in [0.15, 0.2) is 24.3 Å². The van der Waals surface area contributed by atoms with Crippen molar-refractivity contribution in [3.63, 3.8) is 0 Å². The van der Waals surface area contributed by atoms with Gasteiger partial charge in [0.1, 0.15) is 5.82 Å². The van der Waals surface area contributed by atoms with E-state index in [1.807, 2.05) is 6.92 Å². The molecular formula is C19H24FN3O3. The van der Waals surface area contributed by atoms with Crippen LogP contribution in [0.4, 0.5) is 9.18 Å². The van der Waals surface area contributed by atoms with Crippen molar-refractivity contribution in [2.24, 2.45) is 5.92 Å². The molecule has 2 atom stereocenters. The van der Waals surface area contributed by atoms with E-state index in [2.05, 4.69) is 0 Å². The van der Waals surface area contributed by atoms with Crippen molar-refractivity contribution in [3.8, 4) is 0 Å². The maximum absolute atomic E-state index is 13.3. The monoisotopic (exact) mass is 361 g/mol. The molecule has 7 heteroatoms. The third-order valence-electron chi connectivity index (χ3n) is 5.21. The van der Waals surface area contributed by atoms with Crippen molar-refractivity contribution >= 4 is 17.8 Å². The molecule has 1 aliphatic heterocycles. The summed E-state index contributed by atoms with van der Waals surface area (Å²) in [5, 5.41) is 0. The summed E-state index contributed by atoms with van der Waals surface area (Å²) in [6.45, 7) is 2.38. The van der Waals surface area contributed by atoms with Crippen LogP contribution in [0.3, 0.4) is 0 Å². The molecule has 3 rings (SSSR count). The highest BCUT2D eigenvalue weighted by molar-refractivity contribution is 6.44. The summed E-state index contributed by atoms with van der Waals surface area (Å²) in [6, 6.07) is 5.41. The number of rotatable bonds is 5. The standard InChI is InChI=1S/C19H24FN3O3/c1-13-6-3-4-9-16(13)23-18(25)17(24)22(19(23)26)12-21(2)11-14-7-5-8-15(20)10-14/h5,7-8,10,13,16H,3-4,6,9,11-12H2,1-2H3/t13-,16+/m1/s1. The number of hydrogen-bond donors (Lipinski definition) is 0. The van der Waals surface area contributed by atoms with Crippen LogP contribution >= 0.6 is 0 Å². The Bertz CT molecular complexity index is 724. The molecule has 0 N–H and O–H groups in total. The van der Waals surface area contributed by atoms with Gasteiger partial charge in [-0.15, -0.1) is 0 Å². The van der Waals surface area contributed by atoms with E-state index >= 15 is 0 Å². The summed E-state index contributed by atoms with van der Waals surface area (Å²) in [5.74, 6) is -1.64. The van der Waals surface area contributed by atoms with Gasteiger partial charge < -0.3 is 0 Å². The average Bonchev–Trinajstić information content (AvgIpc) is 2.79. The molecular weight excluding hydrogens is 337 g/mol. The SMILES string of the molecule is C[C@@H]1CCCC[C@@H]1N1C(=O)C(=O)N(CN(C)Cc2cccc(F)c2)C1=O. The molecule has 1 aliphatic carbocycles. The number of benzene rings is 1. The summed E-state index contributed by atoms with van der Waals surface area (Å²) in [4.78, 5) is 41.3. The lowest BCUT2D eigenvalue weighted by molar-refractivity contribution is -0.145. The quantitative estimate of drug-likeness (QED) is 0.597. The van der Waals surface area contributed by atoms with Gasteiger partial charge in [-0.05, 0) is 43.5 Å². The van der Waals surface area contributed by atoms with Gasteiger partial charge in [0, 0.05) is 12.6 Å². The normalized spacial score (nSPS) is 24.1. The van der Waals surface area contributed by atoms with E-state index in [9.17, 15) is 18.8 Å². The largest absolute Gasteiger partial charge is 0.335 e. The van der Waals surface area contributed by atoms with Crippen molar-refractivity contribution in [2.45, 2.75) is 45.2 Å². The van der Waals surface area contributed by atoms with Crippen molar-refractivity contribution in [1.29, 1.82) is 0 Å². The Hall–Kier alpha value is -2.28. The van der Waals surface area contributed by atoms with E-state index in [-0.39, 0.29) is 24.4 Å². The number of amides is 4. The molecule has 2 fully saturated rings. The van der Waals surface area contributed by atoms with E-state index < -0.39 is 17.8 Å². The first kappa shape index (κ1) is 18.5. The summed E-state index contributed by atoms with van der Waals surface area (Å²) < 4.78 is 13.3. The molecule has 1 heterocycles. The van der Waals surface area contributed by atoms with Crippen LogP contribution in [-0.2, 0) is 16.1 Å². The van der Waals surface area contributed by atoms with E-state index in [4.69, 9.17) is 0 Å². The minimum Gasteiger partial charge on any atom is -0.284 e. The molecule has 0 radical (unpaired) electrons. The van der Waals surface area contributed by atoms with Crippen LogP contribution in [0, 0.1) is 11.7 Å². The van der Waals surface area contributed by atoms with Crippen LogP contribution in [-0.4, -0.2) is 52.3 Å². The molecule has 0 aromatic heterocycles. The van der Waals surface area contributed by atoms with Gasteiger partial charge in [-0.1, -0.05) is 31.9 Å². The van der Waals surface area contributed by atoms with E-state index in [0.717, 1.165) is 41.0 Å². The van der Waals surface area contributed by atoms with Crippen LogP contribution in [0.2, 0.25) is 0 Å². The highest BCUT2D eigenvalue weighted by Gasteiger charge is 2.49. The van der Waals surface area contributed by atoms with Crippen LogP contribution < -0.4 is 0 Å². The number of imide groups is 2. The molecule has 4 amide bonds. The number of halogens is 1. The number of nitrogens with zero attached hydrogens (tertiary/aromatic N) is 3. The first-order chi connectivity index (χ1) is 12.4. The van der Waals surface area contributed by atoms with E-state index in [1.54, 1.807) is 24.1 Å². The zero-order valence-corrected chi connectivity index (χ0v) is 15.2. The molecule has 1 saturated heterocycles. The maximum atomic E-state index is 13.3. The lowest BCUT2D eigenvalue weighted by atomic mass is 9.85. The smallest absolute Gasteiger partial charge is 0.284 e. The van der Waals surface area contributed by atoms with Crippen LogP contribution in [0.5, 0.6) is 0 Å². The molecule has 1 aromatic carbocycles.